The number of benzene rings is 2. The standard InChI is InChI=1S/C20H18FN3O3S2/c1-15(19-12-7-13-28-19)22-23-20(25)14-24(18-11-6-5-10-17(18)21)29(26,27)16-8-3-2-4-9-16/h2-13H,14H2,1H3,(H,23,25)/b22-15+. The highest BCUT2D eigenvalue weighted by Gasteiger charge is 2.28. The Morgan fingerprint density at radius 2 is 1.76 bits per heavy atom. The van der Waals surface area contributed by atoms with Gasteiger partial charge in [-0.15, -0.1) is 11.3 Å². The normalized spacial score (nSPS) is 11.9. The van der Waals surface area contributed by atoms with Crippen LogP contribution in [0.4, 0.5) is 10.1 Å². The van der Waals surface area contributed by atoms with Gasteiger partial charge in [0, 0.05) is 4.88 Å². The summed E-state index contributed by atoms with van der Waals surface area (Å²) in [7, 11) is -4.17. The molecule has 1 heterocycles. The van der Waals surface area contributed by atoms with E-state index in [4.69, 9.17) is 0 Å². The van der Waals surface area contributed by atoms with E-state index in [1.807, 2.05) is 17.5 Å². The van der Waals surface area contributed by atoms with Gasteiger partial charge in [-0.05, 0) is 42.6 Å². The molecule has 0 bridgehead atoms. The van der Waals surface area contributed by atoms with Gasteiger partial charge in [0.2, 0.25) is 0 Å². The number of hydrazone groups is 1. The summed E-state index contributed by atoms with van der Waals surface area (Å²) in [5.74, 6) is -1.44. The molecule has 0 aliphatic carbocycles. The monoisotopic (exact) mass is 431 g/mol. The molecular formula is C20H18FN3O3S2. The van der Waals surface area contributed by atoms with Crippen molar-refractivity contribution >= 4 is 38.7 Å². The topological polar surface area (TPSA) is 78.8 Å². The number of hydrogen-bond donors (Lipinski definition) is 1. The van der Waals surface area contributed by atoms with Gasteiger partial charge in [-0.25, -0.2) is 18.2 Å². The molecule has 1 amide bonds. The lowest BCUT2D eigenvalue weighted by Gasteiger charge is -2.24. The number of carbonyl (C=O) groups is 1. The molecule has 1 aromatic heterocycles. The SMILES string of the molecule is C/C(=N\NC(=O)CN(c1ccccc1F)S(=O)(=O)c1ccccc1)c1cccs1. The van der Waals surface area contributed by atoms with Crippen molar-refractivity contribution in [2.75, 3.05) is 10.8 Å². The lowest BCUT2D eigenvalue weighted by molar-refractivity contribution is -0.119. The molecule has 9 heteroatoms. The van der Waals surface area contributed by atoms with Gasteiger partial charge in [0.05, 0.1) is 16.3 Å². The number of hydrogen-bond acceptors (Lipinski definition) is 5. The van der Waals surface area contributed by atoms with Gasteiger partial charge in [-0.2, -0.15) is 5.10 Å². The number of nitrogens with one attached hydrogen (secondary N) is 1. The molecule has 0 saturated heterocycles. The Labute approximate surface area is 172 Å². The maximum Gasteiger partial charge on any atom is 0.264 e. The summed E-state index contributed by atoms with van der Waals surface area (Å²) in [6.45, 7) is 1.10. The predicted molar refractivity (Wildman–Crippen MR) is 112 cm³/mol. The molecule has 6 nitrogen and oxygen atoms in total. The van der Waals surface area contributed by atoms with Crippen LogP contribution in [0.15, 0.2) is 82.1 Å². The molecule has 1 N–H and O–H groups in total. The van der Waals surface area contributed by atoms with E-state index in [0.29, 0.717) is 5.71 Å². The Bertz CT molecular complexity index is 1110. The molecule has 29 heavy (non-hydrogen) atoms. The Morgan fingerprint density at radius 1 is 1.07 bits per heavy atom. The van der Waals surface area contributed by atoms with E-state index in [2.05, 4.69) is 10.5 Å². The second kappa shape index (κ2) is 8.97. The number of nitrogens with zero attached hydrogens (tertiary/aromatic N) is 2. The first-order valence-electron chi connectivity index (χ1n) is 8.59. The molecule has 2 aromatic carbocycles. The summed E-state index contributed by atoms with van der Waals surface area (Å²) in [5.41, 5.74) is 2.70. The molecule has 0 saturated carbocycles. The number of para-hydroxylation sites is 1. The van der Waals surface area contributed by atoms with Crippen LogP contribution in [0.2, 0.25) is 0 Å². The molecule has 150 valence electrons. The molecule has 0 radical (unpaired) electrons. The van der Waals surface area contributed by atoms with E-state index in [-0.39, 0.29) is 10.6 Å². The van der Waals surface area contributed by atoms with Crippen LogP contribution in [0.5, 0.6) is 0 Å². The maximum absolute atomic E-state index is 14.4. The highest BCUT2D eigenvalue weighted by molar-refractivity contribution is 7.92. The van der Waals surface area contributed by atoms with Crippen molar-refractivity contribution in [1.82, 2.24) is 5.43 Å². The van der Waals surface area contributed by atoms with Gasteiger partial charge >= 0.3 is 0 Å². The van der Waals surface area contributed by atoms with E-state index in [9.17, 15) is 17.6 Å². The van der Waals surface area contributed by atoms with Gasteiger partial charge in [0.15, 0.2) is 0 Å². The summed E-state index contributed by atoms with van der Waals surface area (Å²) >= 11 is 1.46. The van der Waals surface area contributed by atoms with E-state index >= 15 is 0 Å². The summed E-state index contributed by atoms with van der Waals surface area (Å²) in [6.07, 6.45) is 0. The fourth-order valence-corrected chi connectivity index (χ4v) is 4.65. The zero-order valence-corrected chi connectivity index (χ0v) is 17.1. The predicted octanol–water partition coefficient (Wildman–Crippen LogP) is 3.62. The minimum Gasteiger partial charge on any atom is -0.271 e. The van der Waals surface area contributed by atoms with Crippen molar-refractivity contribution in [2.24, 2.45) is 5.10 Å². The quantitative estimate of drug-likeness (QED) is 0.458. The number of sulfonamides is 1. The third-order valence-corrected chi connectivity index (χ3v) is 6.72. The number of anilines is 1. The average Bonchev–Trinajstić information content (AvgIpc) is 3.26. The minimum absolute atomic E-state index is 0.0469. The number of carbonyl (C=O) groups excluding carboxylic acids is 1. The number of halogens is 1. The molecule has 3 aromatic rings. The minimum atomic E-state index is -4.17. The zero-order chi connectivity index (χ0) is 20.9. The molecule has 0 fully saturated rings. The van der Waals surface area contributed by atoms with E-state index in [0.717, 1.165) is 15.2 Å². The van der Waals surface area contributed by atoms with Crippen molar-refractivity contribution in [3.63, 3.8) is 0 Å². The van der Waals surface area contributed by atoms with E-state index in [1.54, 1.807) is 25.1 Å². The third-order valence-electron chi connectivity index (χ3n) is 3.97. The summed E-state index contributed by atoms with van der Waals surface area (Å²) in [4.78, 5) is 13.3. The molecule has 0 spiro atoms. The molecule has 0 unspecified atom stereocenters. The highest BCUT2D eigenvalue weighted by atomic mass is 32.2. The van der Waals surface area contributed by atoms with Gasteiger partial charge in [-0.3, -0.25) is 9.10 Å². The van der Waals surface area contributed by atoms with Crippen LogP contribution in [0, 0.1) is 5.82 Å². The van der Waals surface area contributed by atoms with Crippen LogP contribution < -0.4 is 9.73 Å². The molecular weight excluding hydrogens is 413 g/mol. The van der Waals surface area contributed by atoms with Crippen LogP contribution in [-0.4, -0.2) is 26.6 Å². The Morgan fingerprint density at radius 3 is 2.41 bits per heavy atom. The van der Waals surface area contributed by atoms with Crippen molar-refractivity contribution in [3.8, 4) is 0 Å². The number of thiophene rings is 1. The molecule has 3 rings (SSSR count). The number of rotatable bonds is 7. The molecule has 0 aliphatic rings. The largest absolute Gasteiger partial charge is 0.271 e. The highest BCUT2D eigenvalue weighted by Crippen LogP contribution is 2.25. The molecule has 0 aliphatic heterocycles. The van der Waals surface area contributed by atoms with Gasteiger partial charge in [0.25, 0.3) is 15.9 Å². The van der Waals surface area contributed by atoms with E-state index < -0.39 is 28.3 Å². The lowest BCUT2D eigenvalue weighted by atomic mass is 10.3. The zero-order valence-electron chi connectivity index (χ0n) is 15.4. The fraction of sp³-hybridized carbons (Fsp3) is 0.100. The Kier molecular flexibility index (Phi) is 6.40. The van der Waals surface area contributed by atoms with Crippen molar-refractivity contribution in [2.45, 2.75) is 11.8 Å². The first kappa shape index (κ1) is 20.7. The second-order valence-electron chi connectivity index (χ2n) is 5.99. The third kappa shape index (κ3) is 4.87. The summed E-state index contributed by atoms with van der Waals surface area (Å²) in [5, 5.41) is 5.88. The maximum atomic E-state index is 14.4. The number of amides is 1. The van der Waals surface area contributed by atoms with Crippen LogP contribution in [0.25, 0.3) is 0 Å². The summed E-state index contributed by atoms with van der Waals surface area (Å²) < 4.78 is 41.3. The van der Waals surface area contributed by atoms with Crippen molar-refractivity contribution in [3.05, 3.63) is 82.8 Å². The van der Waals surface area contributed by atoms with Crippen LogP contribution in [0.1, 0.15) is 11.8 Å². The van der Waals surface area contributed by atoms with Crippen molar-refractivity contribution < 1.29 is 17.6 Å². The van der Waals surface area contributed by atoms with Gasteiger partial charge in [0.1, 0.15) is 12.4 Å². The van der Waals surface area contributed by atoms with E-state index in [1.165, 1.54) is 41.7 Å². The fourth-order valence-electron chi connectivity index (χ4n) is 2.52. The van der Waals surface area contributed by atoms with Gasteiger partial charge < -0.3 is 0 Å². The lowest BCUT2D eigenvalue weighted by Crippen LogP contribution is -2.40. The molecule has 0 atom stereocenters. The van der Waals surface area contributed by atoms with Crippen LogP contribution in [0.3, 0.4) is 0 Å². The van der Waals surface area contributed by atoms with Crippen molar-refractivity contribution in [1.29, 1.82) is 0 Å². The smallest absolute Gasteiger partial charge is 0.264 e. The summed E-state index contributed by atoms with van der Waals surface area (Å²) in [6, 6.07) is 16.7. The van der Waals surface area contributed by atoms with Crippen LogP contribution in [-0.2, 0) is 14.8 Å². The Hall–Kier alpha value is -3.04. The first-order valence-corrected chi connectivity index (χ1v) is 10.9. The van der Waals surface area contributed by atoms with Crippen LogP contribution >= 0.6 is 11.3 Å². The van der Waals surface area contributed by atoms with Gasteiger partial charge in [-0.1, -0.05) is 36.4 Å². The first-order chi connectivity index (χ1) is 13.9. The second-order valence-corrected chi connectivity index (χ2v) is 8.80. The Balaban J connectivity index is 1.89. The average molecular weight is 432 g/mol.